The molecule has 10 nitrogen and oxygen atoms in total. The normalized spacial score (nSPS) is 10.5. The van der Waals surface area contributed by atoms with Crippen LogP contribution in [0.15, 0.2) is 79.0 Å². The average Bonchev–Trinajstić information content (AvgIpc) is 3.33. The Morgan fingerprint density at radius 2 is 1.83 bits per heavy atom. The van der Waals surface area contributed by atoms with Gasteiger partial charge in [-0.05, 0) is 36.4 Å². The van der Waals surface area contributed by atoms with E-state index in [9.17, 15) is 19.7 Å². The van der Waals surface area contributed by atoms with Crippen LogP contribution >= 0.6 is 0 Å². The van der Waals surface area contributed by atoms with E-state index in [-0.39, 0.29) is 29.0 Å². The SMILES string of the molecule is COc1cccc(-c2nn(-c3ccccc3)cc2C(=O)OCc2ccc(C(N)=O)cc2[N+](=O)[O-])c1. The number of nitro groups is 1. The third-order valence-corrected chi connectivity index (χ3v) is 5.22. The number of carbonyl (C=O) groups excluding carboxylic acids is 2. The van der Waals surface area contributed by atoms with Crippen molar-refractivity contribution in [2.45, 2.75) is 6.61 Å². The van der Waals surface area contributed by atoms with Crippen LogP contribution in [0, 0.1) is 10.1 Å². The molecule has 0 aliphatic heterocycles. The second-order valence-electron chi connectivity index (χ2n) is 7.44. The van der Waals surface area contributed by atoms with E-state index in [1.807, 2.05) is 30.3 Å². The lowest BCUT2D eigenvalue weighted by Crippen LogP contribution is -2.12. The summed E-state index contributed by atoms with van der Waals surface area (Å²) in [6, 6.07) is 20.0. The van der Waals surface area contributed by atoms with Crippen molar-refractivity contribution in [2.75, 3.05) is 7.11 Å². The van der Waals surface area contributed by atoms with Gasteiger partial charge in [0.2, 0.25) is 5.91 Å². The highest BCUT2D eigenvalue weighted by Gasteiger charge is 2.23. The van der Waals surface area contributed by atoms with Gasteiger partial charge in [-0.25, -0.2) is 9.48 Å². The smallest absolute Gasteiger partial charge is 0.342 e. The Kier molecular flexibility index (Phi) is 6.54. The zero-order valence-electron chi connectivity index (χ0n) is 18.6. The Morgan fingerprint density at radius 3 is 2.51 bits per heavy atom. The first kappa shape index (κ1) is 23.2. The van der Waals surface area contributed by atoms with Crippen molar-refractivity contribution >= 4 is 17.6 Å². The van der Waals surface area contributed by atoms with Crippen LogP contribution in [-0.2, 0) is 11.3 Å². The standard InChI is InChI=1S/C25H20N4O6/c1-34-20-9-5-6-16(12-20)23-21(14-28(27-23)19-7-3-2-4-8-19)25(31)35-15-18-11-10-17(24(26)30)13-22(18)29(32)33/h2-14H,15H2,1H3,(H2,26,30). The van der Waals surface area contributed by atoms with E-state index in [1.54, 1.807) is 28.9 Å². The van der Waals surface area contributed by atoms with Crippen LogP contribution in [0.3, 0.4) is 0 Å². The molecule has 1 heterocycles. The van der Waals surface area contributed by atoms with Crippen LogP contribution in [0.5, 0.6) is 5.75 Å². The van der Waals surface area contributed by atoms with Gasteiger partial charge in [0.25, 0.3) is 5.69 Å². The van der Waals surface area contributed by atoms with E-state index < -0.39 is 16.8 Å². The molecule has 0 saturated heterocycles. The molecular formula is C25H20N4O6. The van der Waals surface area contributed by atoms with Gasteiger partial charge in [0.05, 0.1) is 23.3 Å². The van der Waals surface area contributed by atoms with Gasteiger partial charge in [0, 0.05) is 23.4 Å². The van der Waals surface area contributed by atoms with Gasteiger partial charge in [-0.2, -0.15) is 5.10 Å². The molecular weight excluding hydrogens is 452 g/mol. The number of primary amides is 1. The number of nitrogens with zero attached hydrogens (tertiary/aromatic N) is 3. The minimum Gasteiger partial charge on any atom is -0.497 e. The van der Waals surface area contributed by atoms with E-state index in [0.29, 0.717) is 17.0 Å². The molecule has 176 valence electrons. The van der Waals surface area contributed by atoms with Crippen molar-refractivity contribution in [3.8, 4) is 22.7 Å². The summed E-state index contributed by atoms with van der Waals surface area (Å²) in [7, 11) is 1.53. The van der Waals surface area contributed by atoms with Crippen molar-refractivity contribution in [1.29, 1.82) is 0 Å². The van der Waals surface area contributed by atoms with Crippen LogP contribution in [0.2, 0.25) is 0 Å². The maximum atomic E-state index is 13.1. The Balaban J connectivity index is 1.68. The molecule has 0 unspecified atom stereocenters. The third kappa shape index (κ3) is 5.01. The summed E-state index contributed by atoms with van der Waals surface area (Å²) >= 11 is 0. The first-order valence-corrected chi connectivity index (χ1v) is 10.4. The number of hydrogen-bond donors (Lipinski definition) is 1. The molecule has 2 N–H and O–H groups in total. The van der Waals surface area contributed by atoms with E-state index >= 15 is 0 Å². The molecule has 0 bridgehead atoms. The average molecular weight is 472 g/mol. The Labute approximate surface area is 199 Å². The van der Waals surface area contributed by atoms with Crippen LogP contribution in [0.4, 0.5) is 5.69 Å². The monoisotopic (exact) mass is 472 g/mol. The molecule has 0 saturated carbocycles. The molecule has 0 fully saturated rings. The molecule has 10 heteroatoms. The first-order chi connectivity index (χ1) is 16.9. The number of hydrogen-bond acceptors (Lipinski definition) is 7. The van der Waals surface area contributed by atoms with Crippen LogP contribution < -0.4 is 10.5 Å². The van der Waals surface area contributed by atoms with Crippen LogP contribution in [0.25, 0.3) is 16.9 Å². The zero-order valence-corrected chi connectivity index (χ0v) is 18.6. The van der Waals surface area contributed by atoms with Crippen LogP contribution in [-0.4, -0.2) is 33.7 Å². The molecule has 0 aliphatic rings. The summed E-state index contributed by atoms with van der Waals surface area (Å²) < 4.78 is 12.3. The Morgan fingerprint density at radius 1 is 1.06 bits per heavy atom. The predicted octanol–water partition coefficient (Wildman–Crippen LogP) is 3.91. The minimum absolute atomic E-state index is 0.0174. The number of carbonyl (C=O) groups is 2. The van der Waals surface area contributed by atoms with Crippen molar-refractivity contribution in [1.82, 2.24) is 9.78 Å². The highest BCUT2D eigenvalue weighted by atomic mass is 16.6. The summed E-state index contributed by atoms with van der Waals surface area (Å²) in [6.45, 7) is -0.387. The molecule has 0 spiro atoms. The summed E-state index contributed by atoms with van der Waals surface area (Å²) in [4.78, 5) is 35.3. The summed E-state index contributed by atoms with van der Waals surface area (Å²) in [5.74, 6) is -0.938. The number of para-hydroxylation sites is 1. The topological polar surface area (TPSA) is 140 Å². The van der Waals surface area contributed by atoms with Crippen LogP contribution in [0.1, 0.15) is 26.3 Å². The first-order valence-electron chi connectivity index (χ1n) is 10.4. The molecule has 35 heavy (non-hydrogen) atoms. The number of aromatic nitrogens is 2. The molecule has 0 aliphatic carbocycles. The lowest BCUT2D eigenvalue weighted by atomic mass is 10.1. The maximum Gasteiger partial charge on any atom is 0.342 e. The summed E-state index contributed by atoms with van der Waals surface area (Å²) in [5.41, 5.74) is 6.82. The predicted molar refractivity (Wildman–Crippen MR) is 126 cm³/mol. The Hall–Kier alpha value is -4.99. The second kappa shape index (κ2) is 9.87. The molecule has 0 atom stereocenters. The van der Waals surface area contributed by atoms with E-state index in [1.165, 1.54) is 25.4 Å². The highest BCUT2D eigenvalue weighted by molar-refractivity contribution is 5.96. The fourth-order valence-corrected chi connectivity index (χ4v) is 3.45. The van der Waals surface area contributed by atoms with Crippen molar-refractivity contribution in [3.63, 3.8) is 0 Å². The molecule has 0 radical (unpaired) electrons. The van der Waals surface area contributed by atoms with Crippen molar-refractivity contribution in [2.24, 2.45) is 5.73 Å². The number of nitrogens with two attached hydrogens (primary N) is 1. The molecule has 1 amide bonds. The third-order valence-electron chi connectivity index (χ3n) is 5.22. The fraction of sp³-hybridized carbons (Fsp3) is 0.0800. The number of ether oxygens (including phenoxy) is 2. The number of amides is 1. The van der Waals surface area contributed by atoms with Gasteiger partial charge in [-0.1, -0.05) is 30.3 Å². The van der Waals surface area contributed by atoms with E-state index in [2.05, 4.69) is 5.10 Å². The van der Waals surface area contributed by atoms with Gasteiger partial charge >= 0.3 is 5.97 Å². The zero-order chi connectivity index (χ0) is 24.9. The number of rotatable bonds is 8. The van der Waals surface area contributed by atoms with E-state index in [0.717, 1.165) is 11.8 Å². The van der Waals surface area contributed by atoms with Gasteiger partial charge < -0.3 is 15.2 Å². The Bertz CT molecular complexity index is 1410. The second-order valence-corrected chi connectivity index (χ2v) is 7.44. The number of benzene rings is 3. The van der Waals surface area contributed by atoms with Crippen molar-refractivity contribution in [3.05, 3.63) is 106 Å². The molecule has 4 aromatic rings. The van der Waals surface area contributed by atoms with Gasteiger partial charge in [0.15, 0.2) is 0 Å². The van der Waals surface area contributed by atoms with Gasteiger partial charge in [0.1, 0.15) is 23.6 Å². The molecule has 4 rings (SSSR count). The molecule has 1 aromatic heterocycles. The largest absolute Gasteiger partial charge is 0.497 e. The molecule has 3 aromatic carbocycles. The number of nitro benzene ring substituents is 1. The van der Waals surface area contributed by atoms with E-state index in [4.69, 9.17) is 15.2 Å². The van der Waals surface area contributed by atoms with Crippen molar-refractivity contribution < 1.29 is 24.0 Å². The minimum atomic E-state index is -0.798. The highest BCUT2D eigenvalue weighted by Crippen LogP contribution is 2.28. The van der Waals surface area contributed by atoms with Gasteiger partial charge in [-0.3, -0.25) is 14.9 Å². The summed E-state index contributed by atoms with van der Waals surface area (Å²) in [6.07, 6.45) is 1.54. The fourth-order valence-electron chi connectivity index (χ4n) is 3.45. The lowest BCUT2D eigenvalue weighted by Gasteiger charge is -2.07. The summed E-state index contributed by atoms with van der Waals surface area (Å²) in [5, 5.41) is 16.0. The maximum absolute atomic E-state index is 13.1. The quantitative estimate of drug-likeness (QED) is 0.233. The lowest BCUT2D eigenvalue weighted by molar-refractivity contribution is -0.385. The van der Waals surface area contributed by atoms with Gasteiger partial charge in [-0.15, -0.1) is 0 Å². The number of methoxy groups -OCH3 is 1. The number of esters is 1.